The van der Waals surface area contributed by atoms with E-state index in [1.54, 1.807) is 0 Å². The van der Waals surface area contributed by atoms with Crippen LogP contribution in [0.25, 0.3) is 0 Å². The van der Waals surface area contributed by atoms with E-state index < -0.39 is 0 Å². The van der Waals surface area contributed by atoms with Gasteiger partial charge in [-0.05, 0) is 32.9 Å². The molecule has 4 heteroatoms. The molecular weight excluding hydrogens is 180 g/mol. The van der Waals surface area contributed by atoms with Gasteiger partial charge in [0, 0.05) is 6.04 Å². The highest BCUT2D eigenvalue weighted by molar-refractivity contribution is 5.69. The highest BCUT2D eigenvalue weighted by Gasteiger charge is 2.28. The zero-order valence-corrected chi connectivity index (χ0v) is 8.66. The van der Waals surface area contributed by atoms with Crippen molar-refractivity contribution >= 4 is 6.09 Å². The standard InChI is InChI=1S/C10H18N2O2/c1-12-5-3-2-4-9(12)6-8-7-14-10(13)11-8/h8-9H,2-7H2,1H3,(H,11,13). The maximum Gasteiger partial charge on any atom is 0.407 e. The molecule has 2 rings (SSSR count). The summed E-state index contributed by atoms with van der Waals surface area (Å²) in [6.45, 7) is 1.73. The number of amides is 1. The fourth-order valence-electron chi connectivity index (χ4n) is 2.32. The number of carbonyl (C=O) groups is 1. The zero-order valence-electron chi connectivity index (χ0n) is 8.66. The van der Waals surface area contributed by atoms with Crippen LogP contribution in [0.5, 0.6) is 0 Å². The van der Waals surface area contributed by atoms with Crippen LogP contribution in [0.4, 0.5) is 4.79 Å². The predicted molar refractivity (Wildman–Crippen MR) is 53.2 cm³/mol. The minimum atomic E-state index is -0.256. The summed E-state index contributed by atoms with van der Waals surface area (Å²) in [7, 11) is 2.17. The summed E-state index contributed by atoms with van der Waals surface area (Å²) < 4.78 is 4.87. The molecule has 0 radical (unpaired) electrons. The van der Waals surface area contributed by atoms with E-state index in [-0.39, 0.29) is 12.1 Å². The maximum absolute atomic E-state index is 10.8. The van der Waals surface area contributed by atoms with Crippen molar-refractivity contribution < 1.29 is 9.53 Å². The Labute approximate surface area is 84.6 Å². The quantitative estimate of drug-likeness (QED) is 0.719. The average molecular weight is 198 g/mol. The van der Waals surface area contributed by atoms with Crippen molar-refractivity contribution in [1.29, 1.82) is 0 Å². The normalized spacial score (nSPS) is 33.9. The summed E-state index contributed by atoms with van der Waals surface area (Å²) >= 11 is 0. The number of carbonyl (C=O) groups excluding carboxylic acids is 1. The molecular formula is C10H18N2O2. The van der Waals surface area contributed by atoms with Crippen LogP contribution in [0.15, 0.2) is 0 Å². The summed E-state index contributed by atoms with van der Waals surface area (Å²) in [5, 5.41) is 2.83. The van der Waals surface area contributed by atoms with E-state index in [0.717, 1.165) is 6.42 Å². The molecule has 14 heavy (non-hydrogen) atoms. The SMILES string of the molecule is CN1CCCCC1CC1COC(=O)N1. The Kier molecular flexibility index (Phi) is 2.91. The number of hydrogen-bond donors (Lipinski definition) is 1. The third-order valence-corrected chi connectivity index (χ3v) is 3.22. The minimum Gasteiger partial charge on any atom is -0.447 e. The average Bonchev–Trinajstić information content (AvgIpc) is 2.56. The summed E-state index contributed by atoms with van der Waals surface area (Å²) in [6.07, 6.45) is 4.65. The molecule has 2 aliphatic heterocycles. The smallest absolute Gasteiger partial charge is 0.407 e. The van der Waals surface area contributed by atoms with Gasteiger partial charge in [-0.25, -0.2) is 4.79 Å². The Morgan fingerprint density at radius 1 is 1.57 bits per heavy atom. The van der Waals surface area contributed by atoms with Gasteiger partial charge in [-0.1, -0.05) is 6.42 Å². The van der Waals surface area contributed by atoms with Gasteiger partial charge in [0.2, 0.25) is 0 Å². The van der Waals surface area contributed by atoms with Gasteiger partial charge >= 0.3 is 6.09 Å². The van der Waals surface area contributed by atoms with E-state index in [4.69, 9.17) is 4.74 Å². The lowest BCUT2D eigenvalue weighted by atomic mass is 9.97. The highest BCUT2D eigenvalue weighted by Crippen LogP contribution is 2.20. The van der Waals surface area contributed by atoms with E-state index in [0.29, 0.717) is 12.6 Å². The first-order valence-corrected chi connectivity index (χ1v) is 5.39. The molecule has 2 saturated heterocycles. The van der Waals surface area contributed by atoms with E-state index >= 15 is 0 Å². The number of rotatable bonds is 2. The molecule has 0 aliphatic carbocycles. The Bertz CT molecular complexity index is 220. The lowest BCUT2D eigenvalue weighted by Gasteiger charge is -2.33. The van der Waals surface area contributed by atoms with Crippen molar-refractivity contribution in [1.82, 2.24) is 10.2 Å². The van der Waals surface area contributed by atoms with Gasteiger partial charge in [0.15, 0.2) is 0 Å². The Balaban J connectivity index is 1.81. The molecule has 0 saturated carbocycles. The molecule has 80 valence electrons. The lowest BCUT2D eigenvalue weighted by Crippen LogP contribution is -2.41. The monoisotopic (exact) mass is 198 g/mol. The second-order valence-corrected chi connectivity index (χ2v) is 4.31. The van der Waals surface area contributed by atoms with Crippen molar-refractivity contribution in [2.24, 2.45) is 0 Å². The number of piperidine rings is 1. The molecule has 2 unspecified atom stereocenters. The Morgan fingerprint density at radius 3 is 3.07 bits per heavy atom. The number of hydrogen-bond acceptors (Lipinski definition) is 3. The molecule has 2 fully saturated rings. The van der Waals surface area contributed by atoms with E-state index in [1.165, 1.54) is 25.8 Å². The van der Waals surface area contributed by atoms with Crippen molar-refractivity contribution in [3.05, 3.63) is 0 Å². The molecule has 2 heterocycles. The fourth-order valence-corrected chi connectivity index (χ4v) is 2.32. The molecule has 4 nitrogen and oxygen atoms in total. The van der Waals surface area contributed by atoms with Gasteiger partial charge in [0.05, 0.1) is 6.04 Å². The van der Waals surface area contributed by atoms with Crippen molar-refractivity contribution in [2.45, 2.75) is 37.8 Å². The van der Waals surface area contributed by atoms with Crippen LogP contribution in [0.2, 0.25) is 0 Å². The van der Waals surface area contributed by atoms with Crippen LogP contribution in [0, 0.1) is 0 Å². The van der Waals surface area contributed by atoms with Gasteiger partial charge in [-0.2, -0.15) is 0 Å². The molecule has 1 amide bonds. The second kappa shape index (κ2) is 4.17. The van der Waals surface area contributed by atoms with Crippen LogP contribution in [-0.4, -0.2) is 43.3 Å². The van der Waals surface area contributed by atoms with Crippen molar-refractivity contribution in [3.8, 4) is 0 Å². The summed E-state index contributed by atoms with van der Waals surface area (Å²) in [6, 6.07) is 0.851. The van der Waals surface area contributed by atoms with Gasteiger partial charge in [0.25, 0.3) is 0 Å². The molecule has 0 spiro atoms. The Hall–Kier alpha value is -0.770. The van der Waals surface area contributed by atoms with E-state index in [2.05, 4.69) is 17.3 Å². The maximum atomic E-state index is 10.8. The number of alkyl carbamates (subject to hydrolysis) is 1. The molecule has 2 aliphatic rings. The molecule has 0 aromatic rings. The topological polar surface area (TPSA) is 41.6 Å². The van der Waals surface area contributed by atoms with Gasteiger partial charge in [-0.3, -0.25) is 0 Å². The molecule has 2 atom stereocenters. The summed E-state index contributed by atoms with van der Waals surface area (Å²) in [5.41, 5.74) is 0. The van der Waals surface area contributed by atoms with Crippen LogP contribution in [-0.2, 0) is 4.74 Å². The number of likely N-dealkylation sites (tertiary alicyclic amines) is 1. The van der Waals surface area contributed by atoms with E-state index in [1.807, 2.05) is 0 Å². The van der Waals surface area contributed by atoms with Crippen LogP contribution < -0.4 is 5.32 Å². The fraction of sp³-hybridized carbons (Fsp3) is 0.900. The van der Waals surface area contributed by atoms with Gasteiger partial charge in [-0.15, -0.1) is 0 Å². The van der Waals surface area contributed by atoms with E-state index in [9.17, 15) is 4.79 Å². The predicted octanol–water partition coefficient (Wildman–Crippen LogP) is 0.969. The first kappa shape index (κ1) is 9.77. The third kappa shape index (κ3) is 2.18. The number of nitrogens with zero attached hydrogens (tertiary/aromatic N) is 1. The molecule has 1 N–H and O–H groups in total. The van der Waals surface area contributed by atoms with Crippen LogP contribution >= 0.6 is 0 Å². The highest BCUT2D eigenvalue weighted by atomic mass is 16.6. The van der Waals surface area contributed by atoms with Gasteiger partial charge < -0.3 is 15.0 Å². The number of cyclic esters (lactones) is 1. The van der Waals surface area contributed by atoms with Gasteiger partial charge in [0.1, 0.15) is 6.61 Å². The number of nitrogens with one attached hydrogen (secondary N) is 1. The molecule has 0 aromatic carbocycles. The zero-order chi connectivity index (χ0) is 9.97. The first-order valence-electron chi connectivity index (χ1n) is 5.39. The van der Waals surface area contributed by atoms with Crippen molar-refractivity contribution in [2.75, 3.05) is 20.2 Å². The first-order chi connectivity index (χ1) is 6.75. The third-order valence-electron chi connectivity index (χ3n) is 3.22. The molecule has 0 bridgehead atoms. The Morgan fingerprint density at radius 2 is 2.43 bits per heavy atom. The molecule has 0 aromatic heterocycles. The lowest BCUT2D eigenvalue weighted by molar-refractivity contribution is 0.157. The largest absolute Gasteiger partial charge is 0.447 e. The van der Waals surface area contributed by atoms with Crippen molar-refractivity contribution in [3.63, 3.8) is 0 Å². The number of ether oxygens (including phenoxy) is 1. The second-order valence-electron chi connectivity index (χ2n) is 4.31. The summed E-state index contributed by atoms with van der Waals surface area (Å²) in [5.74, 6) is 0. The van der Waals surface area contributed by atoms with Crippen LogP contribution in [0.3, 0.4) is 0 Å². The van der Waals surface area contributed by atoms with Crippen LogP contribution in [0.1, 0.15) is 25.7 Å². The minimum absolute atomic E-state index is 0.230. The summed E-state index contributed by atoms with van der Waals surface area (Å²) in [4.78, 5) is 13.2.